The first-order valence-corrected chi connectivity index (χ1v) is 10.8. The van der Waals surface area contributed by atoms with Crippen LogP contribution in [0.25, 0.3) is 22.6 Å². The number of hydrogen-bond donors (Lipinski definition) is 2. The van der Waals surface area contributed by atoms with E-state index < -0.39 is 0 Å². The Morgan fingerprint density at radius 1 is 1.00 bits per heavy atom. The van der Waals surface area contributed by atoms with Crippen LogP contribution in [-0.2, 0) is 6.42 Å². The van der Waals surface area contributed by atoms with Gasteiger partial charge >= 0.3 is 0 Å². The van der Waals surface area contributed by atoms with Gasteiger partial charge in [-0.05, 0) is 48.0 Å². The van der Waals surface area contributed by atoms with Crippen LogP contribution >= 0.6 is 0 Å². The van der Waals surface area contributed by atoms with Gasteiger partial charge in [-0.1, -0.05) is 23.4 Å². The van der Waals surface area contributed by atoms with Gasteiger partial charge in [0.2, 0.25) is 18.5 Å². The molecule has 1 amide bonds. The highest BCUT2D eigenvalue weighted by Crippen LogP contribution is 2.35. The molecule has 0 atom stereocenters. The average Bonchev–Trinajstić information content (AvgIpc) is 3.66. The number of hydrogen-bond acceptors (Lipinski definition) is 8. The maximum atomic E-state index is 13.0. The van der Waals surface area contributed by atoms with Crippen LogP contribution in [0.4, 0.5) is 5.69 Å². The van der Waals surface area contributed by atoms with E-state index in [2.05, 4.69) is 30.6 Å². The molecule has 0 aliphatic carbocycles. The number of H-pyrrole nitrogens is 1. The molecule has 10 heteroatoms. The normalized spacial score (nSPS) is 12.0. The largest absolute Gasteiger partial charge is 0.454 e. The third kappa shape index (κ3) is 4.20. The molecular weight excluding hydrogens is 448 g/mol. The number of carbonyl (C=O) groups is 1. The molecule has 0 unspecified atom stereocenters. The van der Waals surface area contributed by atoms with Gasteiger partial charge in [-0.3, -0.25) is 14.9 Å². The van der Waals surface area contributed by atoms with E-state index in [0.717, 1.165) is 16.7 Å². The summed E-state index contributed by atoms with van der Waals surface area (Å²) in [5, 5.41) is 14.0. The number of amides is 1. The van der Waals surface area contributed by atoms with Gasteiger partial charge in [0.1, 0.15) is 5.69 Å². The molecule has 1 aliphatic rings. The number of carbonyl (C=O) groups excluding carboxylic acids is 1. The van der Waals surface area contributed by atoms with E-state index >= 15 is 0 Å². The number of aromatic amines is 1. The quantitative estimate of drug-likeness (QED) is 0.383. The lowest BCUT2D eigenvalue weighted by molar-refractivity contribution is 0.102. The summed E-state index contributed by atoms with van der Waals surface area (Å²) in [7, 11) is 0. The fourth-order valence-corrected chi connectivity index (χ4v) is 3.73. The number of fused-ring (bicyclic) bond motifs is 1. The Balaban J connectivity index is 1.18. The molecule has 2 N–H and O–H groups in total. The lowest BCUT2D eigenvalue weighted by atomic mass is 10.1. The Bertz CT molecular complexity index is 1510. The number of ether oxygens (including phenoxy) is 2. The van der Waals surface area contributed by atoms with Crippen LogP contribution < -0.4 is 14.8 Å². The van der Waals surface area contributed by atoms with Gasteiger partial charge in [0.05, 0.1) is 12.1 Å². The predicted molar refractivity (Wildman–Crippen MR) is 125 cm³/mol. The molecule has 0 radical (unpaired) electrons. The zero-order valence-corrected chi connectivity index (χ0v) is 18.3. The molecule has 35 heavy (non-hydrogen) atoms. The third-order valence-corrected chi connectivity index (χ3v) is 5.49. The topological polar surface area (TPSA) is 128 Å². The van der Waals surface area contributed by atoms with Crippen LogP contribution in [0.2, 0.25) is 0 Å². The van der Waals surface area contributed by atoms with Crippen molar-refractivity contribution in [3.63, 3.8) is 0 Å². The Hall–Kier alpha value is -4.99. The molecule has 1 aliphatic heterocycles. The molecule has 172 valence electrons. The number of benzene rings is 2. The minimum atomic E-state index is -0.321. The fraction of sp³-hybridized carbons (Fsp3) is 0.0800. The molecule has 10 nitrogen and oxygen atoms in total. The highest BCUT2D eigenvalue weighted by molar-refractivity contribution is 6.03. The van der Waals surface area contributed by atoms with E-state index in [1.165, 1.54) is 0 Å². The SMILES string of the molecule is O=C(Nc1ccccc1Cc1nc(-c2cccnc2)no1)c1cc(-c2ccc3c(c2)OCO3)n[nH]1. The fourth-order valence-electron chi connectivity index (χ4n) is 3.73. The monoisotopic (exact) mass is 466 g/mol. The zero-order chi connectivity index (χ0) is 23.6. The van der Waals surface area contributed by atoms with Crippen molar-refractivity contribution in [1.82, 2.24) is 25.3 Å². The van der Waals surface area contributed by atoms with Gasteiger partial charge in [-0.15, -0.1) is 0 Å². The minimum absolute atomic E-state index is 0.195. The molecule has 2 aromatic carbocycles. The zero-order valence-electron chi connectivity index (χ0n) is 18.3. The van der Waals surface area contributed by atoms with E-state index in [4.69, 9.17) is 14.0 Å². The summed E-state index contributed by atoms with van der Waals surface area (Å²) < 4.78 is 16.2. The Labute approximate surface area is 198 Å². The predicted octanol–water partition coefficient (Wildman–Crippen LogP) is 4.09. The number of anilines is 1. The van der Waals surface area contributed by atoms with Crippen molar-refractivity contribution >= 4 is 11.6 Å². The first-order valence-electron chi connectivity index (χ1n) is 10.8. The Morgan fingerprint density at radius 2 is 1.91 bits per heavy atom. The van der Waals surface area contributed by atoms with Gasteiger partial charge in [-0.2, -0.15) is 10.1 Å². The lowest BCUT2D eigenvalue weighted by Gasteiger charge is -2.08. The summed E-state index contributed by atoms with van der Waals surface area (Å²) >= 11 is 0. The number of aromatic nitrogens is 5. The number of rotatable bonds is 6. The summed E-state index contributed by atoms with van der Waals surface area (Å²) in [6.07, 6.45) is 3.71. The molecule has 4 heterocycles. The maximum Gasteiger partial charge on any atom is 0.273 e. The van der Waals surface area contributed by atoms with Crippen LogP contribution in [0.15, 0.2) is 77.6 Å². The first-order chi connectivity index (χ1) is 17.2. The van der Waals surface area contributed by atoms with Crippen molar-refractivity contribution < 1.29 is 18.8 Å². The minimum Gasteiger partial charge on any atom is -0.454 e. The van der Waals surface area contributed by atoms with E-state index in [0.29, 0.717) is 46.7 Å². The Kier molecular flexibility index (Phi) is 5.15. The second-order valence-corrected chi connectivity index (χ2v) is 7.78. The molecule has 0 spiro atoms. The summed E-state index contributed by atoms with van der Waals surface area (Å²) in [5.41, 5.74) is 3.99. The third-order valence-electron chi connectivity index (χ3n) is 5.49. The van der Waals surface area contributed by atoms with Gasteiger partial charge in [-0.25, -0.2) is 0 Å². The van der Waals surface area contributed by atoms with Crippen molar-refractivity contribution in [2.75, 3.05) is 12.1 Å². The van der Waals surface area contributed by atoms with Crippen molar-refractivity contribution in [2.24, 2.45) is 0 Å². The van der Waals surface area contributed by atoms with Crippen molar-refractivity contribution in [2.45, 2.75) is 6.42 Å². The van der Waals surface area contributed by atoms with Crippen LogP contribution in [0.5, 0.6) is 11.5 Å². The molecule has 6 rings (SSSR count). The van der Waals surface area contributed by atoms with Crippen molar-refractivity contribution in [1.29, 1.82) is 0 Å². The van der Waals surface area contributed by atoms with Gasteiger partial charge < -0.3 is 19.3 Å². The molecule has 0 saturated heterocycles. The van der Waals surface area contributed by atoms with Crippen LogP contribution in [0.1, 0.15) is 21.9 Å². The maximum absolute atomic E-state index is 13.0. The molecule has 5 aromatic rings. The second-order valence-electron chi connectivity index (χ2n) is 7.78. The standard InChI is InChI=1S/C25H18N6O4/c32-25(20-12-19(29-30-20)16-7-8-21-22(10-16)34-14-33-21)27-18-6-2-1-4-15(18)11-23-28-24(31-35-23)17-5-3-9-26-13-17/h1-10,12-13H,11,14H2,(H,27,32)(H,29,30). The number of para-hydroxylation sites is 1. The van der Waals surface area contributed by atoms with Crippen LogP contribution in [0.3, 0.4) is 0 Å². The molecule has 0 saturated carbocycles. The van der Waals surface area contributed by atoms with Gasteiger partial charge in [0.15, 0.2) is 11.5 Å². The van der Waals surface area contributed by atoms with Crippen LogP contribution in [0, 0.1) is 0 Å². The second kappa shape index (κ2) is 8.75. The summed E-state index contributed by atoms with van der Waals surface area (Å²) in [5.74, 6) is 1.91. The highest BCUT2D eigenvalue weighted by atomic mass is 16.7. The van der Waals surface area contributed by atoms with Gasteiger partial charge in [0, 0.05) is 29.2 Å². The van der Waals surface area contributed by atoms with Crippen molar-refractivity contribution in [3.8, 4) is 34.1 Å². The number of nitrogens with zero attached hydrogens (tertiary/aromatic N) is 4. The van der Waals surface area contributed by atoms with Crippen LogP contribution in [-0.4, -0.2) is 38.0 Å². The number of nitrogens with one attached hydrogen (secondary N) is 2. The average molecular weight is 466 g/mol. The lowest BCUT2D eigenvalue weighted by Crippen LogP contribution is -2.14. The Morgan fingerprint density at radius 3 is 2.83 bits per heavy atom. The molecular formula is C25H18N6O4. The highest BCUT2D eigenvalue weighted by Gasteiger charge is 2.18. The van der Waals surface area contributed by atoms with E-state index in [9.17, 15) is 4.79 Å². The van der Waals surface area contributed by atoms with E-state index in [1.54, 1.807) is 18.5 Å². The first kappa shape index (κ1) is 20.6. The summed E-state index contributed by atoms with van der Waals surface area (Å²) in [6, 6.07) is 18.3. The molecule has 0 fully saturated rings. The molecule has 3 aromatic heterocycles. The molecule has 0 bridgehead atoms. The van der Waals surface area contributed by atoms with Gasteiger partial charge in [0.25, 0.3) is 5.91 Å². The summed E-state index contributed by atoms with van der Waals surface area (Å²) in [4.78, 5) is 21.5. The summed E-state index contributed by atoms with van der Waals surface area (Å²) in [6.45, 7) is 0.195. The number of pyridine rings is 1. The van der Waals surface area contributed by atoms with E-state index in [1.807, 2.05) is 54.6 Å². The van der Waals surface area contributed by atoms with E-state index in [-0.39, 0.29) is 12.7 Å². The van der Waals surface area contributed by atoms with Crippen molar-refractivity contribution in [3.05, 3.63) is 90.2 Å². The smallest absolute Gasteiger partial charge is 0.273 e.